The fourth-order valence-electron chi connectivity index (χ4n) is 1.97. The summed E-state index contributed by atoms with van der Waals surface area (Å²) in [6.45, 7) is 3.57. The molecule has 2 amide bonds. The number of nitrogens with zero attached hydrogens (tertiary/aromatic N) is 2. The lowest BCUT2D eigenvalue weighted by Gasteiger charge is -2.20. The smallest absolute Gasteiger partial charge is 0.329 e. The number of esters is 1. The van der Waals surface area contributed by atoms with E-state index in [0.29, 0.717) is 5.69 Å². The van der Waals surface area contributed by atoms with Crippen molar-refractivity contribution in [1.29, 1.82) is 0 Å². The van der Waals surface area contributed by atoms with Crippen molar-refractivity contribution in [2.24, 2.45) is 0 Å². The minimum absolute atomic E-state index is 0.0654. The molecule has 1 aliphatic rings. The van der Waals surface area contributed by atoms with Crippen LogP contribution in [0.4, 0.5) is 0 Å². The molecule has 0 spiro atoms. The molecular formula is C13H16N2O4S. The molecule has 2 rings (SSSR count). The molecule has 0 N–H and O–H groups in total. The fraction of sp³-hybridized carbons (Fsp3) is 0.538. The third-order valence-electron chi connectivity index (χ3n) is 3.08. The van der Waals surface area contributed by atoms with E-state index in [0.717, 1.165) is 16.3 Å². The van der Waals surface area contributed by atoms with Crippen LogP contribution in [0.15, 0.2) is 5.38 Å². The molecule has 1 saturated heterocycles. The molecule has 0 bridgehead atoms. The topological polar surface area (TPSA) is 76.6 Å². The van der Waals surface area contributed by atoms with Gasteiger partial charge in [0, 0.05) is 18.2 Å². The summed E-state index contributed by atoms with van der Waals surface area (Å²) in [5.74, 6) is -1.22. The van der Waals surface area contributed by atoms with E-state index < -0.39 is 12.0 Å². The van der Waals surface area contributed by atoms with E-state index in [2.05, 4.69) is 4.98 Å². The Labute approximate surface area is 120 Å². The van der Waals surface area contributed by atoms with Gasteiger partial charge in [-0.25, -0.2) is 9.78 Å². The van der Waals surface area contributed by atoms with Crippen LogP contribution in [-0.2, 0) is 32.1 Å². The van der Waals surface area contributed by atoms with Gasteiger partial charge in [-0.1, -0.05) is 6.92 Å². The summed E-state index contributed by atoms with van der Waals surface area (Å²) >= 11 is 1.51. The first-order chi connectivity index (χ1) is 9.52. The molecule has 1 unspecified atom stereocenters. The molecule has 20 heavy (non-hydrogen) atoms. The summed E-state index contributed by atoms with van der Waals surface area (Å²) in [6, 6.07) is -0.873. The second-order valence-electron chi connectivity index (χ2n) is 4.53. The number of ether oxygens (including phenoxy) is 1. The summed E-state index contributed by atoms with van der Waals surface area (Å²) < 4.78 is 5.12. The zero-order valence-electron chi connectivity index (χ0n) is 11.4. The number of amides is 2. The average molecular weight is 296 g/mol. The van der Waals surface area contributed by atoms with Crippen LogP contribution in [0.3, 0.4) is 0 Å². The first-order valence-corrected chi connectivity index (χ1v) is 7.35. The minimum atomic E-state index is -0.873. The number of carbonyl (C=O) groups excluding carboxylic acids is 3. The highest BCUT2D eigenvalue weighted by atomic mass is 32.1. The molecule has 0 saturated carbocycles. The van der Waals surface area contributed by atoms with Gasteiger partial charge in [-0.2, -0.15) is 0 Å². The van der Waals surface area contributed by atoms with E-state index in [1.807, 2.05) is 12.3 Å². The number of aryl methyl sites for hydroxylation is 1. The highest BCUT2D eigenvalue weighted by Crippen LogP contribution is 2.17. The number of aromatic nitrogens is 1. The van der Waals surface area contributed by atoms with Crippen LogP contribution in [0.1, 0.15) is 37.4 Å². The number of rotatable bonds is 5. The van der Waals surface area contributed by atoms with Gasteiger partial charge in [-0.05, 0) is 13.3 Å². The first-order valence-electron chi connectivity index (χ1n) is 6.47. The Bertz CT molecular complexity index is 524. The molecule has 2 heterocycles. The number of thiazole rings is 1. The largest absolute Gasteiger partial charge is 0.458 e. The van der Waals surface area contributed by atoms with Crippen LogP contribution in [-0.4, -0.2) is 33.7 Å². The summed E-state index contributed by atoms with van der Waals surface area (Å²) in [7, 11) is 0. The van der Waals surface area contributed by atoms with E-state index in [9.17, 15) is 14.4 Å². The fourth-order valence-corrected chi connectivity index (χ4v) is 2.70. The Morgan fingerprint density at radius 1 is 1.45 bits per heavy atom. The predicted molar refractivity (Wildman–Crippen MR) is 71.8 cm³/mol. The SMILES string of the molecule is CCc1nc(COC(=O)C(C)N2C(=O)CCC2=O)cs1. The van der Waals surface area contributed by atoms with Crippen molar-refractivity contribution in [2.45, 2.75) is 45.8 Å². The average Bonchev–Trinajstić information content (AvgIpc) is 3.02. The van der Waals surface area contributed by atoms with Gasteiger partial charge in [0.25, 0.3) is 0 Å². The van der Waals surface area contributed by atoms with Crippen molar-refractivity contribution in [3.8, 4) is 0 Å². The van der Waals surface area contributed by atoms with Crippen molar-refractivity contribution in [1.82, 2.24) is 9.88 Å². The molecule has 1 aromatic heterocycles. The molecular weight excluding hydrogens is 280 g/mol. The van der Waals surface area contributed by atoms with Crippen molar-refractivity contribution < 1.29 is 19.1 Å². The molecule has 1 aromatic rings. The Morgan fingerprint density at radius 3 is 2.65 bits per heavy atom. The molecule has 1 atom stereocenters. The molecule has 0 aliphatic carbocycles. The van der Waals surface area contributed by atoms with Gasteiger partial charge in [-0.3, -0.25) is 14.5 Å². The number of imide groups is 1. The van der Waals surface area contributed by atoms with E-state index in [1.165, 1.54) is 18.3 Å². The maximum atomic E-state index is 11.9. The molecule has 7 heteroatoms. The maximum absolute atomic E-state index is 11.9. The first kappa shape index (κ1) is 14.6. The molecule has 0 radical (unpaired) electrons. The predicted octanol–water partition coefficient (Wildman–Crippen LogP) is 1.29. The molecule has 1 fully saturated rings. The van der Waals surface area contributed by atoms with Crippen LogP contribution in [0.5, 0.6) is 0 Å². The van der Waals surface area contributed by atoms with Gasteiger partial charge in [0.1, 0.15) is 12.6 Å². The zero-order valence-corrected chi connectivity index (χ0v) is 12.2. The van der Waals surface area contributed by atoms with Crippen molar-refractivity contribution in [3.05, 3.63) is 16.1 Å². The molecule has 1 aliphatic heterocycles. The maximum Gasteiger partial charge on any atom is 0.329 e. The number of hydrogen-bond acceptors (Lipinski definition) is 6. The van der Waals surface area contributed by atoms with Crippen LogP contribution in [0, 0.1) is 0 Å². The monoisotopic (exact) mass is 296 g/mol. The van der Waals surface area contributed by atoms with E-state index in [-0.39, 0.29) is 31.3 Å². The summed E-state index contributed by atoms with van der Waals surface area (Å²) in [6.07, 6.45) is 1.18. The number of hydrogen-bond donors (Lipinski definition) is 0. The molecule has 0 aromatic carbocycles. The highest BCUT2D eigenvalue weighted by Gasteiger charge is 2.36. The van der Waals surface area contributed by atoms with Crippen LogP contribution < -0.4 is 0 Å². The van der Waals surface area contributed by atoms with Crippen molar-refractivity contribution in [3.63, 3.8) is 0 Å². The van der Waals surface area contributed by atoms with Crippen LogP contribution in [0.25, 0.3) is 0 Å². The third-order valence-corrected chi connectivity index (χ3v) is 4.12. The summed E-state index contributed by atoms with van der Waals surface area (Å²) in [5.41, 5.74) is 0.687. The summed E-state index contributed by atoms with van der Waals surface area (Å²) in [5, 5.41) is 2.82. The molecule has 108 valence electrons. The lowest BCUT2D eigenvalue weighted by atomic mass is 10.3. The number of carbonyl (C=O) groups is 3. The van der Waals surface area contributed by atoms with Crippen LogP contribution in [0.2, 0.25) is 0 Å². The lowest BCUT2D eigenvalue weighted by Crippen LogP contribution is -2.43. The van der Waals surface area contributed by atoms with E-state index in [4.69, 9.17) is 4.74 Å². The van der Waals surface area contributed by atoms with Crippen molar-refractivity contribution in [2.75, 3.05) is 0 Å². The Balaban J connectivity index is 1.91. The third kappa shape index (κ3) is 3.04. The minimum Gasteiger partial charge on any atom is -0.458 e. The normalized spacial score (nSPS) is 16.6. The Morgan fingerprint density at radius 2 is 2.10 bits per heavy atom. The van der Waals surface area contributed by atoms with Gasteiger partial charge < -0.3 is 4.74 Å². The highest BCUT2D eigenvalue weighted by molar-refractivity contribution is 7.09. The number of likely N-dealkylation sites (tertiary alicyclic amines) is 1. The second-order valence-corrected chi connectivity index (χ2v) is 5.47. The molecule has 6 nitrogen and oxygen atoms in total. The van der Waals surface area contributed by atoms with Crippen LogP contribution >= 0.6 is 11.3 Å². The van der Waals surface area contributed by atoms with Gasteiger partial charge >= 0.3 is 5.97 Å². The van der Waals surface area contributed by atoms with Gasteiger partial charge in [-0.15, -0.1) is 11.3 Å². The zero-order chi connectivity index (χ0) is 14.7. The second kappa shape index (κ2) is 6.13. The Kier molecular flexibility index (Phi) is 4.49. The van der Waals surface area contributed by atoms with Gasteiger partial charge in [0.05, 0.1) is 10.7 Å². The van der Waals surface area contributed by atoms with E-state index >= 15 is 0 Å². The quantitative estimate of drug-likeness (QED) is 0.604. The van der Waals surface area contributed by atoms with Gasteiger partial charge in [0.2, 0.25) is 11.8 Å². The van der Waals surface area contributed by atoms with Crippen molar-refractivity contribution >= 4 is 29.1 Å². The summed E-state index contributed by atoms with van der Waals surface area (Å²) in [4.78, 5) is 40.2. The van der Waals surface area contributed by atoms with Gasteiger partial charge in [0.15, 0.2) is 0 Å². The lowest BCUT2D eigenvalue weighted by molar-refractivity contribution is -0.158. The van der Waals surface area contributed by atoms with E-state index in [1.54, 1.807) is 0 Å². The Hall–Kier alpha value is -1.76. The standard InChI is InChI=1S/C13H16N2O4S/c1-3-10-14-9(7-20-10)6-19-13(18)8(2)15-11(16)4-5-12(15)17/h7-8H,3-6H2,1-2H3.